The van der Waals surface area contributed by atoms with Crippen LogP contribution in [0.3, 0.4) is 0 Å². The lowest BCUT2D eigenvalue weighted by atomic mass is 9.42. The van der Waals surface area contributed by atoms with Crippen LogP contribution in [0.4, 0.5) is 0 Å². The van der Waals surface area contributed by atoms with E-state index < -0.39 is 152 Å². The van der Waals surface area contributed by atoms with Gasteiger partial charge in [-0.05, 0) is 109 Å². The number of hydrogen-bond acceptors (Lipinski definition) is 21. The lowest BCUT2D eigenvalue weighted by Crippen LogP contribution is -2.72. The van der Waals surface area contributed by atoms with Crippen LogP contribution >= 0.6 is 0 Å². The van der Waals surface area contributed by atoms with Crippen LogP contribution in [0.25, 0.3) is 0 Å². The molecule has 21 nitrogen and oxygen atoms in total. The number of carbonyl (C=O) groups is 2. The molecule has 28 atom stereocenters. The van der Waals surface area contributed by atoms with Gasteiger partial charge in [-0.15, -0.1) is 0 Å². The molecule has 4 aliphatic carbocycles. The molecule has 0 aromatic carbocycles. The number of carbonyl (C=O) groups excluding carboxylic acids is 2. The van der Waals surface area contributed by atoms with E-state index in [1.807, 2.05) is 27.7 Å². The molecule has 0 aromatic rings. The molecule has 0 radical (unpaired) electrons. The molecule has 21 heteroatoms. The van der Waals surface area contributed by atoms with Crippen molar-refractivity contribution in [2.45, 2.75) is 273 Å². The van der Waals surface area contributed by atoms with Gasteiger partial charge in [-0.3, -0.25) is 9.59 Å². The summed E-state index contributed by atoms with van der Waals surface area (Å²) in [7, 11) is 3.08. The summed E-state index contributed by atoms with van der Waals surface area (Å²) < 4.78 is 74.0. The molecule has 0 bridgehead atoms. The maximum Gasteiger partial charge on any atom is 0.309 e. The Morgan fingerprint density at radius 2 is 1.27 bits per heavy atom. The number of rotatable bonds is 16. The molecular weight excluding hydrogens is 985 g/mol. The van der Waals surface area contributed by atoms with Crippen molar-refractivity contribution < 1.29 is 102 Å². The van der Waals surface area contributed by atoms with E-state index in [0.717, 1.165) is 32.1 Å². The lowest BCUT2D eigenvalue weighted by Gasteiger charge is -2.66. The van der Waals surface area contributed by atoms with Crippen molar-refractivity contribution >= 4 is 11.9 Å². The van der Waals surface area contributed by atoms with Crippen molar-refractivity contribution in [2.24, 2.45) is 34.5 Å². The molecule has 0 amide bonds. The van der Waals surface area contributed by atoms with Crippen LogP contribution < -0.4 is 0 Å². The molecule has 4 aliphatic heterocycles. The van der Waals surface area contributed by atoms with Gasteiger partial charge in [0.05, 0.1) is 66.3 Å². The maximum atomic E-state index is 13.1. The van der Waals surface area contributed by atoms with Gasteiger partial charge in [0, 0.05) is 40.4 Å². The molecule has 8 rings (SSSR count). The fourth-order valence-corrected chi connectivity index (χ4v) is 15.1. The van der Waals surface area contributed by atoms with Crippen molar-refractivity contribution in [1.82, 2.24) is 0 Å². The number of hydrogen-bond donors (Lipinski definition) is 7. The minimum atomic E-state index is -1.63. The van der Waals surface area contributed by atoms with E-state index in [0.29, 0.717) is 19.3 Å². The summed E-state index contributed by atoms with van der Waals surface area (Å²) in [6.07, 6.45) is -11.1. The van der Waals surface area contributed by atoms with Gasteiger partial charge in [-0.1, -0.05) is 27.7 Å². The summed E-state index contributed by atoms with van der Waals surface area (Å²) in [6.45, 7) is 15.7. The molecule has 7 N–H and O–H groups in total. The van der Waals surface area contributed by atoms with Gasteiger partial charge in [0.1, 0.15) is 60.5 Å². The van der Waals surface area contributed by atoms with Crippen molar-refractivity contribution in [2.75, 3.05) is 20.8 Å². The Kier molecular flexibility index (Phi) is 18.5. The average Bonchev–Trinajstić information content (AvgIpc) is 3.59. The van der Waals surface area contributed by atoms with Crippen LogP contribution in [0.2, 0.25) is 0 Å². The summed E-state index contributed by atoms with van der Waals surface area (Å²) in [5.74, 6) is -1.19. The topological polar surface area (TPSA) is 287 Å². The van der Waals surface area contributed by atoms with Crippen molar-refractivity contribution in [3.63, 3.8) is 0 Å². The zero-order valence-electron chi connectivity index (χ0n) is 45.9. The third kappa shape index (κ3) is 11.0. The van der Waals surface area contributed by atoms with Gasteiger partial charge in [0.2, 0.25) is 0 Å². The van der Waals surface area contributed by atoms with Gasteiger partial charge >= 0.3 is 11.9 Å². The minimum Gasteiger partial charge on any atom is -0.462 e. The number of ether oxygens (including phenoxy) is 12. The predicted octanol–water partition coefficient (Wildman–Crippen LogP) is 2.53. The highest BCUT2D eigenvalue weighted by Crippen LogP contribution is 2.71. The lowest BCUT2D eigenvalue weighted by molar-refractivity contribution is -0.357. The normalized spacial score (nSPS) is 50.9. The summed E-state index contributed by atoms with van der Waals surface area (Å²) >= 11 is 0. The Balaban J connectivity index is 0.839. The number of methoxy groups -OCH3 is 2. The molecule has 0 spiro atoms. The number of aliphatic hydroxyl groups excluding tert-OH is 5. The van der Waals surface area contributed by atoms with E-state index in [4.69, 9.17) is 56.8 Å². The fraction of sp³-hybridized carbons (Fsp3) is 0.963. The SMILES string of the molecule is CCC(C)C(=O)O[C@@H](C)[C@]1(O)CC[C@]2(O)[C@@H]3CC[C@H]4C[C@@H](O[C@H]5C[C@H](O)[C@H](O[C@H]6C[C@H](OC)[C@H](O[C@H]7C[C@@H](OC)[C@H](O[C@@H]8O[C@H](CO)[C@@H](O)[C@H](O)[C@H]8O)[C@@H](C)O7)[C@@H](C)O6)[C@@H](C)O5)CC[C@]4(C)[C@H]3C[C@@H](OC(C)=O)[C@]12C. The van der Waals surface area contributed by atoms with Gasteiger partial charge in [-0.25, -0.2) is 0 Å². The van der Waals surface area contributed by atoms with E-state index in [1.54, 1.807) is 27.9 Å². The van der Waals surface area contributed by atoms with Gasteiger partial charge < -0.3 is 92.6 Å². The summed E-state index contributed by atoms with van der Waals surface area (Å²) in [4.78, 5) is 25.8. The molecule has 8 aliphatic rings. The third-order valence-electron chi connectivity index (χ3n) is 19.9. The van der Waals surface area contributed by atoms with E-state index in [2.05, 4.69) is 6.92 Å². The van der Waals surface area contributed by atoms with Gasteiger partial charge in [0.15, 0.2) is 25.2 Å². The van der Waals surface area contributed by atoms with Crippen LogP contribution in [-0.2, 0) is 66.4 Å². The van der Waals surface area contributed by atoms with E-state index in [-0.39, 0.29) is 60.9 Å². The largest absolute Gasteiger partial charge is 0.462 e. The maximum absolute atomic E-state index is 13.1. The van der Waals surface area contributed by atoms with Crippen LogP contribution in [0.15, 0.2) is 0 Å². The predicted molar refractivity (Wildman–Crippen MR) is 262 cm³/mol. The van der Waals surface area contributed by atoms with Crippen LogP contribution in [0, 0.1) is 34.5 Å². The zero-order chi connectivity index (χ0) is 54.7. The Labute approximate surface area is 441 Å². The van der Waals surface area contributed by atoms with Crippen LogP contribution in [-0.4, -0.2) is 203 Å². The molecule has 4 saturated carbocycles. The number of fused-ring (bicyclic) bond motifs is 5. The van der Waals surface area contributed by atoms with Crippen molar-refractivity contribution in [1.29, 1.82) is 0 Å². The highest BCUT2D eigenvalue weighted by Gasteiger charge is 2.77. The molecule has 4 saturated heterocycles. The molecule has 0 aromatic heterocycles. The Hall–Kier alpha value is -1.74. The van der Waals surface area contributed by atoms with Crippen molar-refractivity contribution in [3.8, 4) is 0 Å². The second kappa shape index (κ2) is 23.4. The van der Waals surface area contributed by atoms with Crippen LogP contribution in [0.5, 0.6) is 0 Å². The third-order valence-corrected chi connectivity index (χ3v) is 19.9. The summed E-state index contributed by atoms with van der Waals surface area (Å²) in [6, 6.07) is 0. The summed E-state index contributed by atoms with van der Waals surface area (Å²) in [5.41, 5.74) is -4.52. The molecule has 432 valence electrons. The second-order valence-corrected chi connectivity index (χ2v) is 23.9. The highest BCUT2D eigenvalue weighted by atomic mass is 16.8. The zero-order valence-corrected chi connectivity index (χ0v) is 45.9. The quantitative estimate of drug-likeness (QED) is 0.0864. The first kappa shape index (κ1) is 59.4. The van der Waals surface area contributed by atoms with Crippen molar-refractivity contribution in [3.05, 3.63) is 0 Å². The average molecular weight is 1080 g/mol. The standard InChI is InChI=1S/C54H90O21/c1-12-25(2)49(61)69-29(6)53(62)17-18-54(63)33-14-13-31-19-32(15-16-51(31,8)34(33)20-39(52(53,54)9)70-30(7)56)71-40-21-35(57)46(26(3)66-40)73-41-22-36(64-10)47(27(4)67-41)74-42-23-37(65-11)48(28(5)68-42)75-50-45(60)44(59)43(58)38(24-55)72-50/h25-29,31-48,50,55,57-60,62-63H,12-24H2,1-11H3/t25?,26-,27-,28-,29+,31+,32+,33-,34+,35+,36+,37-,38-,39-,40+,41+,42+,43-,44+,45-,46-,47-,48-,50+,51+,52-,53-,54+/m1/s1. The van der Waals surface area contributed by atoms with Gasteiger partial charge in [-0.2, -0.15) is 0 Å². The summed E-state index contributed by atoms with van der Waals surface area (Å²) in [5, 5.41) is 78.1. The fourth-order valence-electron chi connectivity index (χ4n) is 15.1. The Morgan fingerprint density at radius 1 is 0.680 bits per heavy atom. The van der Waals surface area contributed by atoms with Gasteiger partial charge in [0.25, 0.3) is 0 Å². The smallest absolute Gasteiger partial charge is 0.309 e. The second-order valence-electron chi connectivity index (χ2n) is 23.9. The number of aliphatic hydroxyl groups is 7. The van der Waals surface area contributed by atoms with Crippen LogP contribution in [0.1, 0.15) is 139 Å². The molecular formula is C54H90O21. The van der Waals surface area contributed by atoms with E-state index in [1.165, 1.54) is 14.0 Å². The Morgan fingerprint density at radius 3 is 1.84 bits per heavy atom. The Bertz CT molecular complexity index is 1920. The molecule has 75 heavy (non-hydrogen) atoms. The minimum absolute atomic E-state index is 0.00841. The van der Waals surface area contributed by atoms with E-state index in [9.17, 15) is 45.3 Å². The molecule has 4 heterocycles. The number of esters is 2. The highest BCUT2D eigenvalue weighted by molar-refractivity contribution is 5.72. The first-order valence-electron chi connectivity index (χ1n) is 27.8. The van der Waals surface area contributed by atoms with E-state index >= 15 is 0 Å². The monoisotopic (exact) mass is 1070 g/mol. The first-order valence-corrected chi connectivity index (χ1v) is 27.8. The molecule has 8 fully saturated rings. The molecule has 1 unspecified atom stereocenters. The first-order chi connectivity index (χ1) is 35.4.